The number of ether oxygens (including phenoxy) is 2. The Balaban J connectivity index is 2.45. The summed E-state index contributed by atoms with van der Waals surface area (Å²) in [6.07, 6.45) is 4.52. The highest BCUT2D eigenvalue weighted by atomic mass is 16.7. The van der Waals surface area contributed by atoms with Gasteiger partial charge in [0.1, 0.15) is 6.79 Å². The zero-order valence-electron chi connectivity index (χ0n) is 14.1. The lowest BCUT2D eigenvalue weighted by molar-refractivity contribution is -0.123. The predicted octanol–water partition coefficient (Wildman–Crippen LogP) is 2.72. The number of aliphatic hydroxyl groups is 1. The van der Waals surface area contributed by atoms with E-state index >= 15 is 0 Å². The molecule has 2 aliphatic rings. The zero-order valence-corrected chi connectivity index (χ0v) is 14.1. The molecule has 22 heavy (non-hydrogen) atoms. The van der Waals surface area contributed by atoms with Crippen molar-refractivity contribution >= 4 is 5.78 Å². The minimum Gasteiger partial charge on any atom is -0.393 e. The molecule has 4 heteroatoms. The van der Waals surface area contributed by atoms with Gasteiger partial charge in [-0.05, 0) is 24.8 Å². The summed E-state index contributed by atoms with van der Waals surface area (Å²) in [5.41, 5.74) is 0.418. The normalized spacial score (nSPS) is 41.2. The highest BCUT2D eigenvalue weighted by molar-refractivity contribution is 5.96. The smallest absolute Gasteiger partial charge is 0.159 e. The molecule has 0 bridgehead atoms. The fourth-order valence-corrected chi connectivity index (χ4v) is 4.33. The number of ketones is 1. The van der Waals surface area contributed by atoms with Gasteiger partial charge < -0.3 is 14.6 Å². The highest BCUT2D eigenvalue weighted by Crippen LogP contribution is 2.61. The molecular weight excluding hydrogens is 280 g/mol. The molecule has 0 heterocycles. The average molecular weight is 308 g/mol. The fraction of sp³-hybridized carbons (Fsp3) is 0.722. The second-order valence-corrected chi connectivity index (χ2v) is 7.06. The zero-order chi connectivity index (χ0) is 16.5. The first kappa shape index (κ1) is 17.4. The Morgan fingerprint density at radius 3 is 2.77 bits per heavy atom. The van der Waals surface area contributed by atoms with Crippen LogP contribution in [-0.2, 0) is 14.3 Å². The van der Waals surface area contributed by atoms with Crippen LogP contribution in [0, 0.1) is 22.7 Å². The number of allylic oxidation sites excluding steroid dienone is 2. The lowest BCUT2D eigenvalue weighted by atomic mass is 9.52. The molecule has 2 rings (SSSR count). The van der Waals surface area contributed by atoms with Crippen LogP contribution in [-0.4, -0.2) is 37.5 Å². The molecule has 124 valence electrons. The molecule has 5 atom stereocenters. The summed E-state index contributed by atoms with van der Waals surface area (Å²) in [5, 5.41) is 10.7. The number of aliphatic hydroxyl groups excluding tert-OH is 1. The minimum atomic E-state index is -0.457. The number of methoxy groups -OCH3 is 1. The summed E-state index contributed by atoms with van der Waals surface area (Å²) < 4.78 is 10.6. The van der Waals surface area contributed by atoms with Crippen molar-refractivity contribution in [2.45, 2.75) is 39.7 Å². The van der Waals surface area contributed by atoms with Gasteiger partial charge in [-0.3, -0.25) is 4.79 Å². The van der Waals surface area contributed by atoms with Crippen molar-refractivity contribution in [1.29, 1.82) is 0 Å². The van der Waals surface area contributed by atoms with Crippen LogP contribution in [0.2, 0.25) is 0 Å². The van der Waals surface area contributed by atoms with Gasteiger partial charge in [0.15, 0.2) is 5.78 Å². The summed E-state index contributed by atoms with van der Waals surface area (Å²) in [7, 11) is 1.59. The number of carbonyl (C=O) groups is 1. The van der Waals surface area contributed by atoms with Gasteiger partial charge >= 0.3 is 0 Å². The molecule has 0 aromatic carbocycles. The van der Waals surface area contributed by atoms with E-state index in [2.05, 4.69) is 13.5 Å². The largest absolute Gasteiger partial charge is 0.393 e. The maximum absolute atomic E-state index is 12.4. The maximum Gasteiger partial charge on any atom is 0.159 e. The quantitative estimate of drug-likeness (QED) is 0.466. The molecule has 2 aliphatic carbocycles. The molecule has 0 aromatic heterocycles. The van der Waals surface area contributed by atoms with Crippen LogP contribution in [0.4, 0.5) is 0 Å². The number of fused-ring (bicyclic) bond motifs is 1. The van der Waals surface area contributed by atoms with E-state index in [9.17, 15) is 9.90 Å². The van der Waals surface area contributed by atoms with Gasteiger partial charge in [0.2, 0.25) is 0 Å². The van der Waals surface area contributed by atoms with Crippen molar-refractivity contribution in [3.63, 3.8) is 0 Å². The molecule has 4 nitrogen and oxygen atoms in total. The van der Waals surface area contributed by atoms with Crippen molar-refractivity contribution in [2.24, 2.45) is 22.7 Å². The van der Waals surface area contributed by atoms with Crippen molar-refractivity contribution in [1.82, 2.24) is 0 Å². The summed E-state index contributed by atoms with van der Waals surface area (Å²) >= 11 is 0. The standard InChI is InChI=1S/C18H28O4/c1-6-7-18-9-15(20)12(2)17(4,10-22-11-21-5)16(18)8-14(19)13(18)3/h6,8,12-13,15,20H,1,7,9-11H2,2-5H3/t12-,13+,15-,17-,18+/m0/s1. The molecule has 0 aliphatic heterocycles. The van der Waals surface area contributed by atoms with Crippen LogP contribution in [0.1, 0.15) is 33.6 Å². The van der Waals surface area contributed by atoms with Crippen LogP contribution in [0.15, 0.2) is 24.3 Å². The lowest BCUT2D eigenvalue weighted by Gasteiger charge is -2.53. The molecule has 1 N–H and O–H groups in total. The summed E-state index contributed by atoms with van der Waals surface area (Å²) in [5.74, 6) is 0.0483. The fourth-order valence-electron chi connectivity index (χ4n) is 4.33. The third-order valence-corrected chi connectivity index (χ3v) is 5.96. The first-order valence-corrected chi connectivity index (χ1v) is 7.95. The van der Waals surface area contributed by atoms with E-state index in [0.717, 1.165) is 5.57 Å². The SMILES string of the molecule is C=CC[C@]12C[C@H](O)[C@H](C)[C@](C)(COCOC)C1=CC(=O)[C@H]2C. The van der Waals surface area contributed by atoms with E-state index in [4.69, 9.17) is 9.47 Å². The first-order chi connectivity index (χ1) is 10.3. The van der Waals surface area contributed by atoms with Crippen LogP contribution in [0.3, 0.4) is 0 Å². The van der Waals surface area contributed by atoms with E-state index in [0.29, 0.717) is 19.4 Å². The molecule has 0 saturated heterocycles. The van der Waals surface area contributed by atoms with Crippen molar-refractivity contribution in [2.75, 3.05) is 20.5 Å². The number of rotatable bonds is 6. The van der Waals surface area contributed by atoms with Gasteiger partial charge in [0, 0.05) is 23.9 Å². The van der Waals surface area contributed by atoms with Crippen LogP contribution < -0.4 is 0 Å². The van der Waals surface area contributed by atoms with Crippen LogP contribution in [0.25, 0.3) is 0 Å². The van der Waals surface area contributed by atoms with E-state index in [1.54, 1.807) is 13.2 Å². The Morgan fingerprint density at radius 2 is 2.18 bits per heavy atom. The Kier molecular flexibility index (Phi) is 4.95. The van der Waals surface area contributed by atoms with E-state index in [-0.39, 0.29) is 35.2 Å². The summed E-state index contributed by atoms with van der Waals surface area (Å²) in [6, 6.07) is 0. The van der Waals surface area contributed by atoms with E-state index < -0.39 is 6.10 Å². The second-order valence-electron chi connectivity index (χ2n) is 7.06. The number of carbonyl (C=O) groups excluding carboxylic acids is 1. The highest BCUT2D eigenvalue weighted by Gasteiger charge is 2.59. The molecule has 0 aromatic rings. The third kappa shape index (κ3) is 2.47. The predicted molar refractivity (Wildman–Crippen MR) is 85.2 cm³/mol. The van der Waals surface area contributed by atoms with Crippen LogP contribution in [0.5, 0.6) is 0 Å². The molecule has 0 amide bonds. The Hall–Kier alpha value is -0.970. The van der Waals surface area contributed by atoms with Gasteiger partial charge in [0.05, 0.1) is 12.7 Å². The van der Waals surface area contributed by atoms with Gasteiger partial charge in [-0.2, -0.15) is 0 Å². The molecule has 1 saturated carbocycles. The Morgan fingerprint density at radius 1 is 1.50 bits per heavy atom. The topological polar surface area (TPSA) is 55.8 Å². The summed E-state index contributed by atoms with van der Waals surface area (Å²) in [4.78, 5) is 12.4. The molecule has 0 radical (unpaired) electrons. The van der Waals surface area contributed by atoms with Crippen molar-refractivity contribution < 1.29 is 19.4 Å². The number of hydrogen-bond donors (Lipinski definition) is 1. The first-order valence-electron chi connectivity index (χ1n) is 7.95. The molecular formula is C18H28O4. The monoisotopic (exact) mass is 308 g/mol. The molecule has 1 fully saturated rings. The van der Waals surface area contributed by atoms with Crippen molar-refractivity contribution in [3.05, 3.63) is 24.3 Å². The average Bonchev–Trinajstić information content (AvgIpc) is 2.72. The Labute approximate surface area is 133 Å². The van der Waals surface area contributed by atoms with E-state index in [1.165, 1.54) is 0 Å². The summed E-state index contributed by atoms with van der Waals surface area (Å²) in [6.45, 7) is 10.6. The second kappa shape index (κ2) is 6.26. The molecule has 0 spiro atoms. The van der Waals surface area contributed by atoms with Gasteiger partial charge in [-0.1, -0.05) is 32.4 Å². The minimum absolute atomic E-state index is 0.0200. The van der Waals surface area contributed by atoms with Gasteiger partial charge in [0.25, 0.3) is 0 Å². The van der Waals surface area contributed by atoms with Gasteiger partial charge in [-0.25, -0.2) is 0 Å². The Bertz CT molecular complexity index is 483. The molecule has 0 unspecified atom stereocenters. The van der Waals surface area contributed by atoms with Crippen LogP contribution >= 0.6 is 0 Å². The van der Waals surface area contributed by atoms with Crippen molar-refractivity contribution in [3.8, 4) is 0 Å². The lowest BCUT2D eigenvalue weighted by Crippen LogP contribution is -2.52. The number of hydrogen-bond acceptors (Lipinski definition) is 4. The van der Waals surface area contributed by atoms with Gasteiger partial charge in [-0.15, -0.1) is 6.58 Å². The van der Waals surface area contributed by atoms with E-state index in [1.807, 2.05) is 19.9 Å². The third-order valence-electron chi connectivity index (χ3n) is 5.96. The maximum atomic E-state index is 12.4.